The van der Waals surface area contributed by atoms with Crippen molar-refractivity contribution < 1.29 is 42.4 Å². The Morgan fingerprint density at radius 2 is 1.74 bits per heavy atom. The normalized spacial score (nSPS) is 30.5. The van der Waals surface area contributed by atoms with Gasteiger partial charge < -0.3 is 0 Å². The number of nitrogens with two attached hydrogens (primary N) is 2. The minimum atomic E-state index is -4.58. The number of ether oxygens (including phenoxy) is 2. The number of aliphatic hydroxyl groups is 2. The predicted octanol–water partition coefficient (Wildman–Crippen LogP) is -1.32. The van der Waals surface area contributed by atoms with Crippen molar-refractivity contribution in [3.8, 4) is 0 Å². The number of aromatic nitrogens is 8. The van der Waals surface area contributed by atoms with Gasteiger partial charge >= 0.3 is 238 Å². The fourth-order valence-corrected chi connectivity index (χ4v) is 6.48. The minimum absolute atomic E-state index is 0.0643. The molecule has 6 heterocycles. The van der Waals surface area contributed by atoms with Gasteiger partial charge in [0.2, 0.25) is 0 Å². The zero-order chi connectivity index (χ0) is 29.9. The molecular formula is C20H25F2N10O8PS. The summed E-state index contributed by atoms with van der Waals surface area (Å²) < 4.78 is 55.0. The summed E-state index contributed by atoms with van der Waals surface area (Å²) in [5.41, 5.74) is 10.9. The quantitative estimate of drug-likeness (QED) is 0.0876. The molecule has 2 saturated heterocycles. The van der Waals surface area contributed by atoms with Gasteiger partial charge in [-0.3, -0.25) is 0 Å². The number of thiol groups is 1. The Hall–Kier alpha value is -3.14. The number of imidazole rings is 2. The number of aliphatic hydroxyl groups excluding tert-OH is 2. The van der Waals surface area contributed by atoms with Gasteiger partial charge in [0.15, 0.2) is 0 Å². The molecule has 0 aromatic carbocycles. The molecule has 0 aliphatic carbocycles. The molecule has 18 nitrogen and oxygen atoms in total. The first-order valence-corrected chi connectivity index (χ1v) is 15.3. The summed E-state index contributed by atoms with van der Waals surface area (Å²) in [6.45, 7) is -1.37. The zero-order valence-electron chi connectivity index (χ0n) is 21.1. The molecule has 42 heavy (non-hydrogen) atoms. The molecule has 4 aromatic heterocycles. The van der Waals surface area contributed by atoms with Gasteiger partial charge in [0.1, 0.15) is 0 Å². The van der Waals surface area contributed by atoms with Crippen LogP contribution in [0.15, 0.2) is 23.8 Å². The molecule has 0 saturated carbocycles. The van der Waals surface area contributed by atoms with Crippen molar-refractivity contribution in [3.63, 3.8) is 0 Å². The SMILES string of the molecule is Nc1nc2c(ncn2[C@@H]2O[C@H](CO)C(F)C2O[PH](O)(S)OC[C@H]2O[C@@H](n3cnc4c(N)ncnc43)[C@@H](F)C2O)c(=O)[nH]1. The van der Waals surface area contributed by atoms with Gasteiger partial charge in [-0.15, -0.1) is 0 Å². The van der Waals surface area contributed by atoms with E-state index in [0.29, 0.717) is 0 Å². The number of H-pyrrole nitrogens is 1. The third-order valence-corrected chi connectivity index (χ3v) is 8.67. The Bertz CT molecular complexity index is 1680. The summed E-state index contributed by atoms with van der Waals surface area (Å²) in [6, 6.07) is 0. The molecule has 0 spiro atoms. The number of nitrogen functional groups attached to an aromatic ring is 2. The van der Waals surface area contributed by atoms with E-state index in [9.17, 15) is 19.9 Å². The molecule has 0 radical (unpaired) electrons. The Balaban J connectivity index is 1.18. The monoisotopic (exact) mass is 634 g/mol. The molecule has 0 bridgehead atoms. The third kappa shape index (κ3) is 4.95. The molecule has 22 heteroatoms. The van der Waals surface area contributed by atoms with Crippen LogP contribution in [0.1, 0.15) is 12.5 Å². The van der Waals surface area contributed by atoms with E-state index >= 15 is 8.78 Å². The van der Waals surface area contributed by atoms with Crippen molar-refractivity contribution >= 4 is 53.5 Å². The molecule has 3 unspecified atom stereocenters. The molecule has 228 valence electrons. The molecule has 8 N–H and O–H groups in total. The molecule has 2 aliphatic rings. The number of hydrogen-bond acceptors (Lipinski definition) is 16. The van der Waals surface area contributed by atoms with Crippen molar-refractivity contribution in [3.05, 3.63) is 29.3 Å². The maximum atomic E-state index is 15.3. The summed E-state index contributed by atoms with van der Waals surface area (Å²) in [5.74, 6) is -0.183. The van der Waals surface area contributed by atoms with E-state index < -0.39 is 75.1 Å². The predicted molar refractivity (Wildman–Crippen MR) is 143 cm³/mol. The van der Waals surface area contributed by atoms with E-state index in [1.807, 2.05) is 0 Å². The van der Waals surface area contributed by atoms with Gasteiger partial charge in [-0.25, -0.2) is 0 Å². The van der Waals surface area contributed by atoms with E-state index in [-0.39, 0.29) is 34.1 Å². The maximum absolute atomic E-state index is 15.3. The number of nitrogens with zero attached hydrogens (tertiary/aromatic N) is 7. The average molecular weight is 635 g/mol. The fourth-order valence-electron chi connectivity index (χ4n) is 4.84. The number of nitrogens with one attached hydrogen (secondary N) is 1. The summed E-state index contributed by atoms with van der Waals surface area (Å²) in [4.78, 5) is 45.2. The number of anilines is 2. The standard InChI is InChI=1S/C20H25F2N10O8PS/c21-8-6(1-33)38-19(32-5-28-11-16(32)29-20(24)30-17(11)35)13(8)40-41(36,42)37-2-7-12(34)9(22)18(39-7)31-4-27-10-14(23)25-3-26-15(10)31/h3-9,12-13,18-19,33-34,36,41-42H,1-2H2,(H2,23,25,26)(H3,24,29,30,35)/t6-,7-,8?,9+,12?,13?,18-,19-/m1/s1. The van der Waals surface area contributed by atoms with Crippen LogP contribution in [0, 0.1) is 0 Å². The van der Waals surface area contributed by atoms with Gasteiger partial charge in [-0.1, -0.05) is 0 Å². The van der Waals surface area contributed by atoms with Crippen LogP contribution in [0.4, 0.5) is 20.5 Å². The Morgan fingerprint density at radius 3 is 2.48 bits per heavy atom. The fraction of sp³-hybridized carbons (Fsp3) is 0.500. The molecule has 2 fully saturated rings. The van der Waals surface area contributed by atoms with Crippen LogP contribution in [0.5, 0.6) is 0 Å². The summed E-state index contributed by atoms with van der Waals surface area (Å²) in [5, 5.41) is 20.1. The van der Waals surface area contributed by atoms with E-state index in [1.54, 1.807) is 0 Å². The summed E-state index contributed by atoms with van der Waals surface area (Å²) in [6.07, 6.45) is -9.32. The number of aromatic amines is 1. The molecule has 2 aliphatic heterocycles. The summed E-state index contributed by atoms with van der Waals surface area (Å²) in [7, 11) is -4.58. The first-order valence-electron chi connectivity index (χ1n) is 12.3. The second kappa shape index (κ2) is 10.8. The van der Waals surface area contributed by atoms with Crippen LogP contribution in [0.3, 0.4) is 0 Å². The zero-order valence-corrected chi connectivity index (χ0v) is 23.0. The van der Waals surface area contributed by atoms with Gasteiger partial charge in [-0.05, 0) is 0 Å². The molecule has 6 rings (SSSR count). The number of rotatable bonds is 8. The van der Waals surface area contributed by atoms with Crippen LogP contribution in [0.25, 0.3) is 22.3 Å². The number of fused-ring (bicyclic) bond motifs is 2. The average Bonchev–Trinajstić information content (AvgIpc) is 3.69. The van der Waals surface area contributed by atoms with Crippen molar-refractivity contribution in [2.45, 2.75) is 49.2 Å². The van der Waals surface area contributed by atoms with Crippen LogP contribution in [-0.4, -0.2) is 104 Å². The van der Waals surface area contributed by atoms with E-state index in [2.05, 4.69) is 42.2 Å². The van der Waals surface area contributed by atoms with E-state index in [1.165, 1.54) is 10.9 Å². The number of halogens is 2. The summed E-state index contributed by atoms with van der Waals surface area (Å²) >= 11 is 4.04. The Morgan fingerprint density at radius 1 is 1.05 bits per heavy atom. The van der Waals surface area contributed by atoms with Crippen LogP contribution in [0.2, 0.25) is 0 Å². The first kappa shape index (κ1) is 29.0. The molecule has 4 aromatic rings. The van der Waals surface area contributed by atoms with Crippen molar-refractivity contribution in [2.24, 2.45) is 0 Å². The second-order valence-corrected chi connectivity index (χ2v) is 12.8. The van der Waals surface area contributed by atoms with Crippen LogP contribution in [-0.2, 0) is 18.5 Å². The topological polar surface area (TPSA) is 257 Å². The van der Waals surface area contributed by atoms with Gasteiger partial charge in [0, 0.05) is 0 Å². The Labute approximate surface area is 238 Å². The van der Waals surface area contributed by atoms with Crippen molar-refractivity contribution in [1.29, 1.82) is 0 Å². The van der Waals surface area contributed by atoms with Gasteiger partial charge in [-0.2, -0.15) is 0 Å². The first-order chi connectivity index (χ1) is 20.0. The number of hydrogen-bond donors (Lipinski definition) is 7. The molecular weight excluding hydrogens is 609 g/mol. The number of alkyl halides is 2. The Kier molecular flexibility index (Phi) is 7.48. The van der Waals surface area contributed by atoms with E-state index in [4.69, 9.17) is 30.0 Å². The van der Waals surface area contributed by atoms with Crippen LogP contribution < -0.4 is 17.0 Å². The molecule has 8 atom stereocenters. The van der Waals surface area contributed by atoms with E-state index in [0.717, 1.165) is 17.2 Å². The molecule has 0 amide bonds. The van der Waals surface area contributed by atoms with Crippen molar-refractivity contribution in [2.75, 3.05) is 24.7 Å². The van der Waals surface area contributed by atoms with Crippen LogP contribution >= 0.6 is 19.4 Å². The second-order valence-electron chi connectivity index (χ2n) is 9.49. The third-order valence-electron chi connectivity index (χ3n) is 6.85. The van der Waals surface area contributed by atoms with Gasteiger partial charge in [0.25, 0.3) is 0 Å². The van der Waals surface area contributed by atoms with Crippen molar-refractivity contribution in [1.82, 2.24) is 39.0 Å². The van der Waals surface area contributed by atoms with Gasteiger partial charge in [0.05, 0.1) is 0 Å².